The number of H-pyrrole nitrogens is 1. The van der Waals surface area contributed by atoms with Gasteiger partial charge in [0.2, 0.25) is 0 Å². The highest BCUT2D eigenvalue weighted by atomic mass is 19.1. The molecule has 0 saturated heterocycles. The summed E-state index contributed by atoms with van der Waals surface area (Å²) in [7, 11) is 0. The Bertz CT molecular complexity index is 938. The number of anilines is 2. The molecule has 0 bridgehead atoms. The minimum absolute atomic E-state index is 0.0661. The first-order valence-electron chi connectivity index (χ1n) is 8.95. The van der Waals surface area contributed by atoms with Gasteiger partial charge in [-0.1, -0.05) is 31.4 Å². The maximum atomic E-state index is 13.8. The van der Waals surface area contributed by atoms with Crippen LogP contribution < -0.4 is 11.0 Å². The summed E-state index contributed by atoms with van der Waals surface area (Å²) in [6.45, 7) is 0.777. The molecule has 2 aromatic carbocycles. The van der Waals surface area contributed by atoms with Gasteiger partial charge in [-0.25, -0.2) is 9.18 Å². The second-order valence-corrected chi connectivity index (χ2v) is 6.88. The average Bonchev–Trinajstić information content (AvgIpc) is 2.93. The second-order valence-electron chi connectivity index (χ2n) is 6.88. The van der Waals surface area contributed by atoms with Crippen LogP contribution in [0.5, 0.6) is 0 Å². The lowest BCUT2D eigenvalue weighted by molar-refractivity contribution is 0.319. The molecule has 25 heavy (non-hydrogen) atoms. The zero-order valence-electron chi connectivity index (χ0n) is 14.1. The Morgan fingerprint density at radius 1 is 1.12 bits per heavy atom. The number of nitrogens with one attached hydrogen (secondary N) is 2. The fourth-order valence-corrected chi connectivity index (χ4v) is 3.77. The van der Waals surface area contributed by atoms with Crippen molar-refractivity contribution in [3.8, 4) is 0 Å². The Kier molecular flexibility index (Phi) is 4.30. The van der Waals surface area contributed by atoms with Crippen molar-refractivity contribution in [3.63, 3.8) is 0 Å². The molecule has 4 rings (SSSR count). The molecule has 1 saturated carbocycles. The smallest absolute Gasteiger partial charge is 0.326 e. The number of hydrogen-bond donors (Lipinski definition) is 2. The molecule has 1 heterocycles. The number of para-hydroxylation sites is 1. The average molecular weight is 339 g/mol. The van der Waals surface area contributed by atoms with Crippen LogP contribution in [-0.4, -0.2) is 9.55 Å². The van der Waals surface area contributed by atoms with Gasteiger partial charge in [-0.15, -0.1) is 0 Å². The van der Waals surface area contributed by atoms with Gasteiger partial charge in [-0.3, -0.25) is 4.57 Å². The summed E-state index contributed by atoms with van der Waals surface area (Å²) in [5.41, 5.74) is 2.80. The van der Waals surface area contributed by atoms with Crippen molar-refractivity contribution in [2.24, 2.45) is 5.92 Å². The predicted octanol–water partition coefficient (Wildman–Crippen LogP) is 4.79. The van der Waals surface area contributed by atoms with E-state index in [9.17, 15) is 9.18 Å². The van der Waals surface area contributed by atoms with Crippen LogP contribution in [0, 0.1) is 11.7 Å². The Morgan fingerprint density at radius 3 is 2.72 bits per heavy atom. The van der Waals surface area contributed by atoms with E-state index >= 15 is 0 Å². The van der Waals surface area contributed by atoms with Gasteiger partial charge >= 0.3 is 5.69 Å². The van der Waals surface area contributed by atoms with Crippen LogP contribution in [0.3, 0.4) is 0 Å². The maximum absolute atomic E-state index is 13.8. The maximum Gasteiger partial charge on any atom is 0.326 e. The molecule has 0 spiro atoms. The van der Waals surface area contributed by atoms with Gasteiger partial charge in [0.15, 0.2) is 0 Å². The van der Waals surface area contributed by atoms with E-state index in [1.807, 2.05) is 22.8 Å². The van der Waals surface area contributed by atoms with Crippen molar-refractivity contribution < 1.29 is 4.39 Å². The summed E-state index contributed by atoms with van der Waals surface area (Å²) in [6, 6.07) is 12.2. The Hall–Kier alpha value is -2.56. The number of aromatic nitrogens is 2. The molecular formula is C20H22FN3O. The number of hydrogen-bond acceptors (Lipinski definition) is 2. The van der Waals surface area contributed by atoms with E-state index in [4.69, 9.17) is 0 Å². The minimum Gasteiger partial charge on any atom is -0.353 e. The standard InChI is InChI=1S/C20H22FN3O/c21-16-8-4-5-9-17(16)22-15-10-11-19-18(12-15)23-20(25)24(19)13-14-6-2-1-3-7-14/h4-5,8-12,14,22H,1-3,6-7,13H2,(H,23,25). The van der Waals surface area contributed by atoms with Crippen LogP contribution in [0.4, 0.5) is 15.8 Å². The van der Waals surface area contributed by atoms with E-state index in [0.29, 0.717) is 11.6 Å². The number of rotatable bonds is 4. The van der Waals surface area contributed by atoms with Crippen molar-refractivity contribution in [2.45, 2.75) is 38.6 Å². The van der Waals surface area contributed by atoms with Crippen molar-refractivity contribution >= 4 is 22.4 Å². The van der Waals surface area contributed by atoms with Gasteiger partial charge in [0.25, 0.3) is 0 Å². The second kappa shape index (κ2) is 6.75. The highest BCUT2D eigenvalue weighted by Gasteiger charge is 2.17. The minimum atomic E-state index is -0.300. The van der Waals surface area contributed by atoms with Crippen LogP contribution in [-0.2, 0) is 6.54 Å². The molecular weight excluding hydrogens is 317 g/mol. The summed E-state index contributed by atoms with van der Waals surface area (Å²) in [5, 5.41) is 3.07. The van der Waals surface area contributed by atoms with Crippen LogP contribution in [0.25, 0.3) is 11.0 Å². The lowest BCUT2D eigenvalue weighted by Crippen LogP contribution is -2.22. The molecule has 1 aliphatic carbocycles. The zero-order valence-corrected chi connectivity index (χ0v) is 14.1. The monoisotopic (exact) mass is 339 g/mol. The van der Waals surface area contributed by atoms with Crippen LogP contribution in [0.15, 0.2) is 47.3 Å². The van der Waals surface area contributed by atoms with E-state index in [1.54, 1.807) is 18.2 Å². The van der Waals surface area contributed by atoms with Gasteiger partial charge in [0.05, 0.1) is 16.7 Å². The van der Waals surface area contributed by atoms with Crippen LogP contribution in [0.1, 0.15) is 32.1 Å². The number of benzene rings is 2. The summed E-state index contributed by atoms with van der Waals surface area (Å²) < 4.78 is 15.6. The van der Waals surface area contributed by atoms with Gasteiger partial charge in [-0.05, 0) is 49.1 Å². The zero-order chi connectivity index (χ0) is 17.2. The molecule has 0 radical (unpaired) electrons. The quantitative estimate of drug-likeness (QED) is 0.718. The van der Waals surface area contributed by atoms with E-state index in [1.165, 1.54) is 38.2 Å². The molecule has 0 unspecified atom stereocenters. The number of imidazole rings is 1. The topological polar surface area (TPSA) is 49.8 Å². The molecule has 5 heteroatoms. The van der Waals surface area contributed by atoms with Gasteiger partial charge < -0.3 is 10.3 Å². The molecule has 3 aromatic rings. The Labute approximate surface area is 145 Å². The molecule has 1 aliphatic rings. The third kappa shape index (κ3) is 3.31. The van der Waals surface area contributed by atoms with Crippen molar-refractivity contribution in [1.29, 1.82) is 0 Å². The van der Waals surface area contributed by atoms with Gasteiger partial charge in [0.1, 0.15) is 5.82 Å². The lowest BCUT2D eigenvalue weighted by Gasteiger charge is -2.21. The van der Waals surface area contributed by atoms with Crippen LogP contribution >= 0.6 is 0 Å². The molecule has 1 aromatic heterocycles. The van der Waals surface area contributed by atoms with Crippen molar-refractivity contribution in [1.82, 2.24) is 9.55 Å². The van der Waals surface area contributed by atoms with Crippen molar-refractivity contribution in [3.05, 3.63) is 58.8 Å². The van der Waals surface area contributed by atoms with Crippen molar-refractivity contribution in [2.75, 3.05) is 5.32 Å². The first-order chi connectivity index (χ1) is 12.2. The SMILES string of the molecule is O=c1[nH]c2cc(Nc3ccccc3F)ccc2n1CC1CCCCC1. The molecule has 2 N–H and O–H groups in total. The highest BCUT2D eigenvalue weighted by molar-refractivity contribution is 5.81. The normalized spacial score (nSPS) is 15.6. The molecule has 0 atom stereocenters. The first kappa shape index (κ1) is 15.9. The largest absolute Gasteiger partial charge is 0.353 e. The molecule has 0 aliphatic heterocycles. The number of aromatic amines is 1. The predicted molar refractivity (Wildman–Crippen MR) is 98.8 cm³/mol. The Morgan fingerprint density at radius 2 is 1.92 bits per heavy atom. The van der Waals surface area contributed by atoms with E-state index < -0.39 is 0 Å². The molecule has 130 valence electrons. The fraction of sp³-hybridized carbons (Fsp3) is 0.350. The molecule has 0 amide bonds. The highest BCUT2D eigenvalue weighted by Crippen LogP contribution is 2.27. The Balaban J connectivity index is 1.61. The van der Waals surface area contributed by atoms with E-state index in [0.717, 1.165) is 23.3 Å². The molecule has 1 fully saturated rings. The summed E-state index contributed by atoms with van der Waals surface area (Å²) in [5.74, 6) is 0.285. The fourth-order valence-electron chi connectivity index (χ4n) is 3.77. The lowest BCUT2D eigenvalue weighted by atomic mass is 9.89. The molecule has 4 nitrogen and oxygen atoms in total. The van der Waals surface area contributed by atoms with Gasteiger partial charge in [0, 0.05) is 12.2 Å². The number of fused-ring (bicyclic) bond motifs is 1. The summed E-state index contributed by atoms with van der Waals surface area (Å²) in [4.78, 5) is 15.3. The van der Waals surface area contributed by atoms with Gasteiger partial charge in [-0.2, -0.15) is 0 Å². The number of halogens is 1. The number of nitrogens with zero attached hydrogens (tertiary/aromatic N) is 1. The first-order valence-corrected chi connectivity index (χ1v) is 8.95. The van der Waals surface area contributed by atoms with E-state index in [-0.39, 0.29) is 11.5 Å². The van der Waals surface area contributed by atoms with Crippen LogP contribution in [0.2, 0.25) is 0 Å². The summed E-state index contributed by atoms with van der Waals surface area (Å²) >= 11 is 0. The summed E-state index contributed by atoms with van der Waals surface area (Å²) in [6.07, 6.45) is 6.24. The third-order valence-electron chi connectivity index (χ3n) is 5.09. The van der Waals surface area contributed by atoms with E-state index in [2.05, 4.69) is 10.3 Å². The third-order valence-corrected chi connectivity index (χ3v) is 5.09.